The Morgan fingerprint density at radius 2 is 2.00 bits per heavy atom. The third-order valence-corrected chi connectivity index (χ3v) is 3.37. The number of amides is 2. The summed E-state index contributed by atoms with van der Waals surface area (Å²) in [4.78, 5) is 23.5. The number of nitrogens with one attached hydrogen (secondary N) is 2. The van der Waals surface area contributed by atoms with Crippen LogP contribution >= 0.6 is 11.6 Å². The maximum Gasteiger partial charge on any atom is 0.329 e. The van der Waals surface area contributed by atoms with Gasteiger partial charge in [-0.15, -0.1) is 0 Å². The molecule has 0 atom stereocenters. The van der Waals surface area contributed by atoms with Crippen molar-refractivity contribution in [2.24, 2.45) is 5.10 Å². The molecule has 0 aromatic heterocycles. The lowest BCUT2D eigenvalue weighted by molar-refractivity contribution is -0.136. The molecule has 2 aromatic rings. The summed E-state index contributed by atoms with van der Waals surface area (Å²) in [5, 5.41) is 6.35. The fourth-order valence-electron chi connectivity index (χ4n) is 1.92. The third kappa shape index (κ3) is 5.56. The van der Waals surface area contributed by atoms with Gasteiger partial charge in [-0.2, -0.15) is 5.10 Å². The van der Waals surface area contributed by atoms with Crippen LogP contribution in [-0.4, -0.2) is 24.6 Å². The van der Waals surface area contributed by atoms with Crippen molar-refractivity contribution in [1.82, 2.24) is 5.43 Å². The number of benzene rings is 2. The number of halogens is 2. The number of hydrazone groups is 1. The lowest BCUT2D eigenvalue weighted by atomic mass is 10.2. The number of ether oxygens (including phenoxy) is 1. The van der Waals surface area contributed by atoms with Crippen molar-refractivity contribution in [3.05, 3.63) is 58.9 Å². The summed E-state index contributed by atoms with van der Waals surface area (Å²) in [6, 6.07) is 10.5. The summed E-state index contributed by atoms with van der Waals surface area (Å²) in [7, 11) is 0. The largest absolute Gasteiger partial charge is 0.493 e. The molecule has 2 aromatic carbocycles. The van der Waals surface area contributed by atoms with Crippen LogP contribution in [0.25, 0.3) is 0 Å². The Morgan fingerprint density at radius 3 is 2.73 bits per heavy atom. The van der Waals surface area contributed by atoms with Crippen molar-refractivity contribution in [1.29, 1.82) is 0 Å². The Hall–Kier alpha value is -2.93. The van der Waals surface area contributed by atoms with Crippen molar-refractivity contribution in [2.45, 2.75) is 13.3 Å². The normalized spacial score (nSPS) is 10.6. The van der Waals surface area contributed by atoms with E-state index in [1.807, 2.05) is 6.92 Å². The van der Waals surface area contributed by atoms with Gasteiger partial charge in [0.25, 0.3) is 0 Å². The topological polar surface area (TPSA) is 79.8 Å². The second kappa shape index (κ2) is 9.53. The van der Waals surface area contributed by atoms with Crippen LogP contribution in [0.1, 0.15) is 18.9 Å². The van der Waals surface area contributed by atoms with Gasteiger partial charge in [0.1, 0.15) is 11.6 Å². The molecule has 0 aliphatic rings. The van der Waals surface area contributed by atoms with Gasteiger partial charge in [0.15, 0.2) is 0 Å². The highest BCUT2D eigenvalue weighted by Gasteiger charge is 2.14. The van der Waals surface area contributed by atoms with Gasteiger partial charge in [-0.1, -0.05) is 30.7 Å². The van der Waals surface area contributed by atoms with Crippen LogP contribution in [0.15, 0.2) is 47.6 Å². The van der Waals surface area contributed by atoms with Gasteiger partial charge in [-0.3, -0.25) is 9.59 Å². The first-order valence-electron chi connectivity index (χ1n) is 7.82. The molecule has 0 aliphatic carbocycles. The average Bonchev–Trinajstić information content (AvgIpc) is 2.62. The van der Waals surface area contributed by atoms with Crippen LogP contribution in [0, 0.1) is 5.82 Å². The number of rotatable bonds is 6. The number of carbonyl (C=O) groups excluding carboxylic acids is 2. The molecule has 0 heterocycles. The molecular formula is C18H17ClFN3O3. The van der Waals surface area contributed by atoms with E-state index in [4.69, 9.17) is 16.3 Å². The summed E-state index contributed by atoms with van der Waals surface area (Å²) >= 11 is 5.94. The molecule has 0 fully saturated rings. The maximum absolute atomic E-state index is 13.5. The molecule has 0 bridgehead atoms. The lowest BCUT2D eigenvalue weighted by Crippen LogP contribution is -2.32. The van der Waals surface area contributed by atoms with E-state index in [0.717, 1.165) is 6.42 Å². The van der Waals surface area contributed by atoms with E-state index >= 15 is 0 Å². The van der Waals surface area contributed by atoms with Gasteiger partial charge >= 0.3 is 11.8 Å². The Balaban J connectivity index is 1.99. The Labute approximate surface area is 155 Å². The van der Waals surface area contributed by atoms with Gasteiger partial charge in [-0.05, 0) is 36.8 Å². The minimum atomic E-state index is -1.04. The molecule has 6 nitrogen and oxygen atoms in total. The first-order valence-corrected chi connectivity index (χ1v) is 8.20. The molecule has 0 spiro atoms. The fourth-order valence-corrected chi connectivity index (χ4v) is 2.10. The number of hydrogen-bond acceptors (Lipinski definition) is 4. The summed E-state index contributed by atoms with van der Waals surface area (Å²) < 4.78 is 19.0. The smallest absolute Gasteiger partial charge is 0.329 e. The monoisotopic (exact) mass is 377 g/mol. The quantitative estimate of drug-likeness (QED) is 0.460. The Kier molecular flexibility index (Phi) is 7.11. The number of nitrogens with zero attached hydrogens (tertiary/aromatic N) is 1. The molecular weight excluding hydrogens is 361 g/mol. The number of carbonyl (C=O) groups is 2. The zero-order valence-corrected chi connectivity index (χ0v) is 14.7. The molecule has 0 aliphatic heterocycles. The van der Waals surface area contributed by atoms with Crippen molar-refractivity contribution >= 4 is 35.3 Å². The first-order chi connectivity index (χ1) is 12.5. The van der Waals surface area contributed by atoms with Crippen molar-refractivity contribution < 1.29 is 18.7 Å². The highest BCUT2D eigenvalue weighted by molar-refractivity contribution is 6.39. The van der Waals surface area contributed by atoms with E-state index in [2.05, 4.69) is 15.8 Å². The van der Waals surface area contributed by atoms with Gasteiger partial charge in [0, 0.05) is 10.6 Å². The second-order valence-corrected chi connectivity index (χ2v) is 5.60. The van der Waals surface area contributed by atoms with Crippen molar-refractivity contribution in [2.75, 3.05) is 11.9 Å². The van der Waals surface area contributed by atoms with E-state index in [1.54, 1.807) is 18.2 Å². The highest BCUT2D eigenvalue weighted by Crippen LogP contribution is 2.21. The van der Waals surface area contributed by atoms with Crippen LogP contribution < -0.4 is 15.5 Å². The summed E-state index contributed by atoms with van der Waals surface area (Å²) in [5.74, 6) is -2.18. The Bertz CT molecular complexity index is 827. The molecule has 136 valence electrons. The highest BCUT2D eigenvalue weighted by atomic mass is 35.5. The molecule has 0 saturated heterocycles. The minimum Gasteiger partial charge on any atom is -0.493 e. The zero-order valence-electron chi connectivity index (χ0n) is 14.0. The van der Waals surface area contributed by atoms with Crippen molar-refractivity contribution in [3.8, 4) is 5.75 Å². The van der Waals surface area contributed by atoms with E-state index in [-0.39, 0.29) is 5.69 Å². The minimum absolute atomic E-state index is 0.0956. The van der Waals surface area contributed by atoms with Crippen LogP contribution in [0.4, 0.5) is 10.1 Å². The predicted molar refractivity (Wildman–Crippen MR) is 98.0 cm³/mol. The average molecular weight is 378 g/mol. The Morgan fingerprint density at radius 1 is 1.23 bits per heavy atom. The third-order valence-electron chi connectivity index (χ3n) is 3.13. The zero-order chi connectivity index (χ0) is 18.9. The molecule has 8 heteroatoms. The van der Waals surface area contributed by atoms with Crippen LogP contribution in [0.2, 0.25) is 5.02 Å². The summed E-state index contributed by atoms with van der Waals surface area (Å²) in [6.07, 6.45) is 2.14. The van der Waals surface area contributed by atoms with E-state index in [9.17, 15) is 14.0 Å². The first kappa shape index (κ1) is 19.4. The predicted octanol–water partition coefficient (Wildman–Crippen LogP) is 3.36. The van der Waals surface area contributed by atoms with Crippen LogP contribution in [0.3, 0.4) is 0 Å². The molecule has 2 rings (SSSR count). The second-order valence-electron chi connectivity index (χ2n) is 5.16. The molecule has 2 N–H and O–H groups in total. The number of hydrogen-bond donors (Lipinski definition) is 2. The van der Waals surface area contributed by atoms with Gasteiger partial charge < -0.3 is 10.1 Å². The van der Waals surface area contributed by atoms with Gasteiger partial charge in [-0.25, -0.2) is 9.82 Å². The molecule has 26 heavy (non-hydrogen) atoms. The standard InChI is InChI=1S/C18H17ClFN3O3/c1-2-9-26-16-8-7-13(19)10-12(16)11-21-23-18(25)17(24)22-15-6-4-3-5-14(15)20/h3-8,10-11H,2,9H2,1H3,(H,22,24)(H,23,25)/b21-11-. The van der Waals surface area contributed by atoms with Crippen LogP contribution in [-0.2, 0) is 9.59 Å². The van der Waals surface area contributed by atoms with Crippen LogP contribution in [0.5, 0.6) is 5.75 Å². The van der Waals surface area contributed by atoms with Crippen molar-refractivity contribution in [3.63, 3.8) is 0 Å². The summed E-state index contributed by atoms with van der Waals surface area (Å²) in [6.45, 7) is 2.48. The molecule has 0 saturated carbocycles. The molecule has 0 radical (unpaired) electrons. The number of anilines is 1. The molecule has 0 unspecified atom stereocenters. The van der Waals surface area contributed by atoms with E-state index in [0.29, 0.717) is 22.9 Å². The van der Waals surface area contributed by atoms with E-state index in [1.165, 1.54) is 30.5 Å². The van der Waals surface area contributed by atoms with E-state index < -0.39 is 17.6 Å². The molecule has 2 amide bonds. The summed E-state index contributed by atoms with van der Waals surface area (Å²) in [5.41, 5.74) is 2.52. The fraction of sp³-hybridized carbons (Fsp3) is 0.167. The SMILES string of the molecule is CCCOc1ccc(Cl)cc1/C=N\NC(=O)C(=O)Nc1ccccc1F. The number of para-hydroxylation sites is 1. The van der Waals surface area contributed by atoms with Gasteiger partial charge in [0.2, 0.25) is 0 Å². The maximum atomic E-state index is 13.5. The lowest BCUT2D eigenvalue weighted by Gasteiger charge is -2.08. The van der Waals surface area contributed by atoms with Gasteiger partial charge in [0.05, 0.1) is 18.5 Å².